The van der Waals surface area contributed by atoms with Crippen LogP contribution in [-0.2, 0) is 47.5 Å². The fourth-order valence-electron chi connectivity index (χ4n) is 5.20. The number of imide groups is 1. The number of fused-ring (bicyclic) bond motifs is 2. The van der Waals surface area contributed by atoms with Gasteiger partial charge >= 0.3 is 63.3 Å². The zero-order chi connectivity index (χ0) is 46.4. The molecule has 0 unspecified atom stereocenters. The van der Waals surface area contributed by atoms with Gasteiger partial charge in [-0.15, -0.1) is 0 Å². The number of alkyl halides is 1. The van der Waals surface area contributed by atoms with Gasteiger partial charge in [0.15, 0.2) is 0 Å². The largest absolute Gasteiger partial charge is 1.00 e. The summed E-state index contributed by atoms with van der Waals surface area (Å²) in [5.41, 5.74) is 1.37. The summed E-state index contributed by atoms with van der Waals surface area (Å²) in [5, 5.41) is 22.1. The second-order valence-corrected chi connectivity index (χ2v) is 15.2. The number of rotatable bonds is 23. The first-order valence-electron chi connectivity index (χ1n) is 21.0. The molecule has 0 aromatic heterocycles. The molecule has 2 N–H and O–H groups in total. The molecule has 0 fully saturated rings. The third kappa shape index (κ3) is 26.5. The maximum atomic E-state index is 12.2. The van der Waals surface area contributed by atoms with Crippen LogP contribution in [0.2, 0.25) is 0 Å². The molecule has 62 heavy (non-hydrogen) atoms. The van der Waals surface area contributed by atoms with Crippen LogP contribution in [0.4, 0.5) is 4.39 Å². The van der Waals surface area contributed by atoms with E-state index in [9.17, 15) is 33.8 Å². The SMILES string of the molecule is CC(C)(C)OC(=O)CCOCCOCCOCCN1C(=O)c2ccccc2C1=O.CCCOCCOCCOCCC(=O)OC(C)(C)C.O[C@@H]1[N-][C@H](O)c2ccccc21.[2H]CF.[K+]. The maximum absolute atomic E-state index is 12.2. The van der Waals surface area contributed by atoms with Gasteiger partial charge in [-0.1, -0.05) is 43.3 Å². The normalized spacial score (nSPS) is 15.3. The first-order valence-corrected chi connectivity index (χ1v) is 20.3. The van der Waals surface area contributed by atoms with Gasteiger partial charge in [0.25, 0.3) is 11.8 Å². The van der Waals surface area contributed by atoms with E-state index in [0.29, 0.717) is 81.7 Å². The first kappa shape index (κ1) is 57.7. The summed E-state index contributed by atoms with van der Waals surface area (Å²) in [6.45, 7) is 18.6. The molecule has 0 aliphatic carbocycles. The minimum Gasteiger partial charge on any atom is -0.603 e. The number of hydrogen-bond acceptors (Lipinski definition) is 14. The molecule has 2 aliphatic rings. The Labute approximate surface area is 410 Å². The zero-order valence-electron chi connectivity index (χ0n) is 38.9. The Morgan fingerprint density at radius 1 is 0.629 bits per heavy atom. The van der Waals surface area contributed by atoms with Gasteiger partial charge in [0.05, 0.1) is 112 Å². The molecule has 0 bridgehead atoms. The molecular formula is C44H68FKN2O14. The van der Waals surface area contributed by atoms with Crippen LogP contribution < -0.4 is 51.4 Å². The van der Waals surface area contributed by atoms with Gasteiger partial charge < -0.3 is 53.4 Å². The molecule has 16 nitrogen and oxygen atoms in total. The summed E-state index contributed by atoms with van der Waals surface area (Å²) >= 11 is 0. The average molecular weight is 908 g/mol. The van der Waals surface area contributed by atoms with Crippen LogP contribution in [0.15, 0.2) is 48.5 Å². The molecule has 18 heteroatoms. The Morgan fingerprint density at radius 2 is 0.952 bits per heavy atom. The number of benzene rings is 2. The standard InChI is InChI=1S/C21H29NO7.C14H28O5.C8H8NO2.CH3F.K/c1-21(2,3)29-18(23)8-10-26-12-14-28-15-13-27-11-9-22-19(24)16-6-4-5-7-17(16)20(22)25;1-5-7-16-9-11-18-12-10-17-8-6-13(15)19-14(2,3)4;10-7-5-3-1-2-4-6(5)8(11)9-7;1-2;/h4-7H,8-15H2,1-3H3;5-12H2,1-4H3;1-4,7-8,10-11H;1H3;/q;;-1;;+1/t;;7-,8+;;/i;;;1D;. The maximum Gasteiger partial charge on any atom is 1.00 e. The van der Waals surface area contributed by atoms with Gasteiger partial charge in [-0.2, -0.15) is 0 Å². The van der Waals surface area contributed by atoms with Crippen molar-refractivity contribution in [2.24, 2.45) is 0 Å². The number of ether oxygens (including phenoxy) is 8. The van der Waals surface area contributed by atoms with Crippen molar-refractivity contribution in [3.05, 3.63) is 76.1 Å². The molecule has 4 rings (SSSR count). The van der Waals surface area contributed by atoms with Crippen molar-refractivity contribution >= 4 is 23.8 Å². The van der Waals surface area contributed by atoms with Crippen molar-refractivity contribution in [2.75, 3.05) is 93.0 Å². The quantitative estimate of drug-likeness (QED) is 0.0714. The van der Waals surface area contributed by atoms with Crippen molar-refractivity contribution in [1.82, 2.24) is 4.90 Å². The molecule has 2 atom stereocenters. The van der Waals surface area contributed by atoms with Gasteiger partial charge in [0.1, 0.15) is 11.2 Å². The molecule has 2 heterocycles. The van der Waals surface area contributed by atoms with Crippen molar-refractivity contribution in [3.8, 4) is 0 Å². The molecule has 0 radical (unpaired) electrons. The third-order valence-electron chi connectivity index (χ3n) is 7.75. The monoisotopic (exact) mass is 907 g/mol. The number of hydrogen-bond donors (Lipinski definition) is 2. The summed E-state index contributed by atoms with van der Waals surface area (Å²) in [6, 6.07) is 13.9. The average Bonchev–Trinajstić information content (AvgIpc) is 3.63. The van der Waals surface area contributed by atoms with Crippen LogP contribution in [0.25, 0.3) is 5.32 Å². The van der Waals surface area contributed by atoms with E-state index in [2.05, 4.69) is 12.2 Å². The van der Waals surface area contributed by atoms with E-state index in [-0.39, 0.29) is 108 Å². The van der Waals surface area contributed by atoms with E-state index in [1.807, 2.05) is 53.7 Å². The van der Waals surface area contributed by atoms with Crippen LogP contribution in [0.1, 0.15) is 113 Å². The van der Waals surface area contributed by atoms with Crippen molar-refractivity contribution in [3.63, 3.8) is 0 Å². The molecule has 2 aromatic carbocycles. The van der Waals surface area contributed by atoms with Gasteiger partial charge in [-0.25, -0.2) is 0 Å². The Morgan fingerprint density at radius 3 is 1.31 bits per heavy atom. The van der Waals surface area contributed by atoms with Gasteiger partial charge in [0, 0.05) is 6.61 Å². The Kier molecular flexibility index (Phi) is 31.8. The van der Waals surface area contributed by atoms with E-state index < -0.39 is 30.8 Å². The number of carbonyl (C=O) groups excluding carboxylic acids is 4. The molecule has 0 saturated carbocycles. The molecule has 0 saturated heterocycles. The number of aliphatic hydroxyl groups is 2. The molecule has 346 valence electrons. The predicted molar refractivity (Wildman–Crippen MR) is 225 cm³/mol. The predicted octanol–water partition coefficient (Wildman–Crippen LogP) is 2.89. The molecular weight excluding hydrogens is 839 g/mol. The van der Waals surface area contributed by atoms with Crippen LogP contribution in [-0.4, -0.2) is 143 Å². The van der Waals surface area contributed by atoms with Gasteiger partial charge in [-0.3, -0.25) is 28.5 Å². The summed E-state index contributed by atoms with van der Waals surface area (Å²) in [5.74, 6) is -1.09. The van der Waals surface area contributed by atoms with Crippen molar-refractivity contribution < 1.29 is 124 Å². The van der Waals surface area contributed by atoms with Crippen molar-refractivity contribution in [1.29, 1.82) is 0 Å². The van der Waals surface area contributed by atoms with E-state index in [1.54, 1.807) is 36.4 Å². The number of halogens is 1. The van der Waals surface area contributed by atoms with Crippen LogP contribution >= 0.6 is 0 Å². The van der Waals surface area contributed by atoms with Gasteiger partial charge in [0.2, 0.25) is 0 Å². The fourth-order valence-corrected chi connectivity index (χ4v) is 5.20. The third-order valence-corrected chi connectivity index (χ3v) is 7.75. The first-order chi connectivity index (χ1) is 29.4. The second-order valence-electron chi connectivity index (χ2n) is 15.2. The van der Waals surface area contributed by atoms with E-state index in [4.69, 9.17) is 39.3 Å². The van der Waals surface area contributed by atoms with E-state index in [1.165, 1.54) is 4.90 Å². The molecule has 0 spiro atoms. The minimum atomic E-state index is -1.00. The number of esters is 2. The van der Waals surface area contributed by atoms with Crippen LogP contribution in [0.5, 0.6) is 0 Å². The smallest absolute Gasteiger partial charge is 0.603 e. The molecule has 2 aromatic rings. The summed E-state index contributed by atoms with van der Waals surface area (Å²) in [6.07, 6.45) is -0.189. The fraction of sp³-hybridized carbons (Fsp3) is 0.636. The number of nitrogens with zero attached hydrogens (tertiary/aromatic N) is 2. The number of amides is 2. The number of carbonyl (C=O) groups is 4. The summed E-state index contributed by atoms with van der Waals surface area (Å²) in [4.78, 5) is 48.4. The Bertz CT molecular complexity index is 1520. The van der Waals surface area contributed by atoms with Crippen LogP contribution in [0, 0.1) is 0 Å². The van der Waals surface area contributed by atoms with E-state index in [0.717, 1.165) is 13.0 Å². The Hall–Kier alpha value is -2.27. The van der Waals surface area contributed by atoms with E-state index >= 15 is 0 Å². The van der Waals surface area contributed by atoms with Crippen molar-refractivity contribution in [2.45, 2.75) is 91.4 Å². The number of aliphatic hydroxyl groups excluding tert-OH is 2. The Balaban J connectivity index is 0.000000964. The summed E-state index contributed by atoms with van der Waals surface area (Å²) < 4.78 is 57.8. The summed E-state index contributed by atoms with van der Waals surface area (Å²) in [7, 11) is -1.00. The topological polar surface area (TPSA) is 200 Å². The minimum absolute atomic E-state index is 0. The van der Waals surface area contributed by atoms with Gasteiger partial charge in [-0.05, 0) is 83.7 Å². The molecule has 2 amide bonds. The molecule has 2 aliphatic heterocycles. The zero-order valence-corrected chi connectivity index (χ0v) is 41.0. The second kappa shape index (κ2) is 34.1. The van der Waals surface area contributed by atoms with Crippen LogP contribution in [0.3, 0.4) is 0 Å².